The van der Waals surface area contributed by atoms with E-state index in [-0.39, 0.29) is 0 Å². The fraction of sp³-hybridized carbons (Fsp3) is 0.0213. The molecule has 8 aromatic carbocycles. The summed E-state index contributed by atoms with van der Waals surface area (Å²) in [7, 11) is 0. The maximum Gasteiger partial charge on any atom is 0.169 e. The molecule has 0 spiro atoms. The number of para-hydroxylation sites is 1. The second-order valence-electron chi connectivity index (χ2n) is 13.1. The summed E-state index contributed by atoms with van der Waals surface area (Å²) in [5.74, 6) is 1.53. The molecule has 1 unspecified atom stereocenters. The van der Waals surface area contributed by atoms with E-state index >= 15 is 0 Å². The first kappa shape index (κ1) is 29.2. The number of hydrogen-bond acceptors (Lipinski definition) is 4. The van der Waals surface area contributed by atoms with Gasteiger partial charge in [0.25, 0.3) is 0 Å². The van der Waals surface area contributed by atoms with Crippen molar-refractivity contribution < 1.29 is 4.42 Å². The van der Waals surface area contributed by atoms with Gasteiger partial charge in [-0.25, -0.2) is 9.98 Å². The molecule has 2 heterocycles. The molecule has 9 aromatic rings. The lowest BCUT2D eigenvalue weighted by Gasteiger charge is -2.23. The SMILES string of the molecule is c1ccc(-c2ccc3ccc(C4N=C(c5ccc6ccccc6c5)NC(c5cc(-c6ccccc6)cc6oc7ccccc7c56)=N4)cc3c2)cc1. The number of hydrogen-bond donors (Lipinski definition) is 1. The van der Waals surface area contributed by atoms with Crippen molar-refractivity contribution >= 4 is 55.2 Å². The van der Waals surface area contributed by atoms with Crippen LogP contribution in [-0.4, -0.2) is 11.7 Å². The summed E-state index contributed by atoms with van der Waals surface area (Å²) in [4.78, 5) is 10.7. The number of furan rings is 1. The van der Waals surface area contributed by atoms with E-state index in [0.717, 1.165) is 72.2 Å². The van der Waals surface area contributed by atoms with Crippen LogP contribution < -0.4 is 5.32 Å². The minimum atomic E-state index is -0.471. The van der Waals surface area contributed by atoms with E-state index in [1.807, 2.05) is 18.2 Å². The zero-order valence-electron chi connectivity index (χ0n) is 27.6. The van der Waals surface area contributed by atoms with Crippen LogP contribution in [0.15, 0.2) is 190 Å². The Balaban J connectivity index is 1.18. The van der Waals surface area contributed by atoms with Crippen LogP contribution in [0.3, 0.4) is 0 Å². The lowest BCUT2D eigenvalue weighted by molar-refractivity contribution is 0.669. The average molecular weight is 654 g/mol. The Morgan fingerprint density at radius 1 is 0.412 bits per heavy atom. The number of amidine groups is 2. The fourth-order valence-electron chi connectivity index (χ4n) is 7.29. The van der Waals surface area contributed by atoms with Gasteiger partial charge in [-0.3, -0.25) is 0 Å². The smallest absolute Gasteiger partial charge is 0.169 e. The van der Waals surface area contributed by atoms with Gasteiger partial charge in [0.05, 0.1) is 0 Å². The third-order valence-corrected chi connectivity index (χ3v) is 9.87. The minimum Gasteiger partial charge on any atom is -0.456 e. The second-order valence-corrected chi connectivity index (χ2v) is 13.1. The van der Waals surface area contributed by atoms with Gasteiger partial charge >= 0.3 is 0 Å². The molecular formula is C47H31N3O. The van der Waals surface area contributed by atoms with Crippen molar-refractivity contribution in [1.29, 1.82) is 0 Å². The van der Waals surface area contributed by atoms with Crippen LogP contribution in [-0.2, 0) is 0 Å². The van der Waals surface area contributed by atoms with Crippen LogP contribution in [0.5, 0.6) is 0 Å². The number of benzene rings is 8. The van der Waals surface area contributed by atoms with E-state index in [0.29, 0.717) is 0 Å². The van der Waals surface area contributed by atoms with E-state index in [1.165, 1.54) is 21.9 Å². The summed E-state index contributed by atoms with van der Waals surface area (Å²) in [6.45, 7) is 0. The zero-order chi connectivity index (χ0) is 33.7. The summed E-state index contributed by atoms with van der Waals surface area (Å²) in [6, 6.07) is 61.7. The lowest BCUT2D eigenvalue weighted by atomic mass is 9.97. The molecule has 4 heteroatoms. The van der Waals surface area contributed by atoms with Gasteiger partial charge in [-0.2, -0.15) is 0 Å². The molecular weight excluding hydrogens is 623 g/mol. The standard InChI is InChI=1S/C47H31N3O/c1-3-11-30(12-4-1)35-22-19-33-21-24-37(27-38(33)26-35)46-48-45(36-23-20-32-15-7-8-16-34(32)25-36)49-47(50-46)41-28-39(31-13-5-2-6-14-31)29-43-44(41)40-17-9-10-18-42(40)51-43/h1-29,46H,(H,48,49,50). The molecule has 0 bridgehead atoms. The summed E-state index contributed by atoms with van der Waals surface area (Å²) < 4.78 is 6.50. The molecule has 240 valence electrons. The van der Waals surface area contributed by atoms with Crippen LogP contribution in [0.25, 0.3) is 65.7 Å². The molecule has 1 atom stereocenters. The fourth-order valence-corrected chi connectivity index (χ4v) is 7.29. The Morgan fingerprint density at radius 2 is 1.04 bits per heavy atom. The highest BCUT2D eigenvalue weighted by Gasteiger charge is 2.25. The van der Waals surface area contributed by atoms with Crippen molar-refractivity contribution in [2.75, 3.05) is 0 Å². The lowest BCUT2D eigenvalue weighted by Crippen LogP contribution is -2.36. The molecule has 1 N–H and O–H groups in total. The highest BCUT2D eigenvalue weighted by atomic mass is 16.3. The van der Waals surface area contributed by atoms with Gasteiger partial charge in [0.15, 0.2) is 6.17 Å². The van der Waals surface area contributed by atoms with Crippen molar-refractivity contribution in [3.63, 3.8) is 0 Å². The van der Waals surface area contributed by atoms with Crippen molar-refractivity contribution in [3.8, 4) is 22.3 Å². The predicted molar refractivity (Wildman–Crippen MR) is 211 cm³/mol. The van der Waals surface area contributed by atoms with Crippen LogP contribution in [0, 0.1) is 0 Å². The number of nitrogens with zero attached hydrogens (tertiary/aromatic N) is 2. The van der Waals surface area contributed by atoms with Crippen LogP contribution in [0.1, 0.15) is 22.9 Å². The third-order valence-electron chi connectivity index (χ3n) is 9.87. The Morgan fingerprint density at radius 3 is 1.86 bits per heavy atom. The molecule has 0 fully saturated rings. The zero-order valence-corrected chi connectivity index (χ0v) is 27.6. The number of aliphatic imine (C=N–C) groups is 2. The number of rotatable bonds is 5. The summed E-state index contributed by atoms with van der Waals surface area (Å²) in [6.07, 6.45) is -0.471. The molecule has 0 radical (unpaired) electrons. The number of nitrogens with one attached hydrogen (secondary N) is 1. The van der Waals surface area contributed by atoms with Gasteiger partial charge < -0.3 is 9.73 Å². The van der Waals surface area contributed by atoms with Crippen molar-refractivity contribution in [3.05, 3.63) is 193 Å². The molecule has 51 heavy (non-hydrogen) atoms. The predicted octanol–water partition coefficient (Wildman–Crippen LogP) is 11.7. The molecule has 0 aliphatic carbocycles. The molecule has 1 aliphatic heterocycles. The first-order valence-corrected chi connectivity index (χ1v) is 17.3. The monoisotopic (exact) mass is 653 g/mol. The average Bonchev–Trinajstić information content (AvgIpc) is 3.59. The largest absolute Gasteiger partial charge is 0.456 e. The van der Waals surface area contributed by atoms with Gasteiger partial charge in [-0.15, -0.1) is 0 Å². The maximum absolute atomic E-state index is 6.50. The molecule has 1 aliphatic rings. The summed E-state index contributed by atoms with van der Waals surface area (Å²) >= 11 is 0. The van der Waals surface area contributed by atoms with Gasteiger partial charge in [0.1, 0.15) is 22.8 Å². The summed E-state index contributed by atoms with van der Waals surface area (Å²) in [5, 5.41) is 10.5. The first-order chi connectivity index (χ1) is 25.2. The van der Waals surface area contributed by atoms with E-state index in [2.05, 4.69) is 163 Å². The van der Waals surface area contributed by atoms with Gasteiger partial charge in [0, 0.05) is 21.9 Å². The molecule has 0 amide bonds. The normalized spacial score (nSPS) is 14.5. The van der Waals surface area contributed by atoms with Crippen LogP contribution in [0.2, 0.25) is 0 Å². The topological polar surface area (TPSA) is 49.9 Å². The molecule has 10 rings (SSSR count). The Kier molecular flexibility index (Phi) is 6.85. The molecule has 0 saturated carbocycles. The van der Waals surface area contributed by atoms with Crippen molar-refractivity contribution in [2.45, 2.75) is 6.17 Å². The van der Waals surface area contributed by atoms with Gasteiger partial charge in [-0.05, 0) is 85.8 Å². The molecule has 0 saturated heterocycles. The van der Waals surface area contributed by atoms with E-state index in [9.17, 15) is 0 Å². The molecule has 4 nitrogen and oxygen atoms in total. The first-order valence-electron chi connectivity index (χ1n) is 17.3. The van der Waals surface area contributed by atoms with Crippen LogP contribution >= 0.6 is 0 Å². The Labute approximate surface area is 295 Å². The van der Waals surface area contributed by atoms with E-state index in [4.69, 9.17) is 14.4 Å². The Hall–Kier alpha value is -6.78. The minimum absolute atomic E-state index is 0.471. The Bertz CT molecular complexity index is 2830. The summed E-state index contributed by atoms with van der Waals surface area (Å²) in [5.41, 5.74) is 9.22. The second kappa shape index (κ2) is 12.0. The highest BCUT2D eigenvalue weighted by molar-refractivity contribution is 6.24. The van der Waals surface area contributed by atoms with Crippen molar-refractivity contribution in [2.24, 2.45) is 9.98 Å². The highest BCUT2D eigenvalue weighted by Crippen LogP contribution is 2.37. The van der Waals surface area contributed by atoms with E-state index < -0.39 is 6.17 Å². The third kappa shape index (κ3) is 5.25. The quantitative estimate of drug-likeness (QED) is 0.201. The van der Waals surface area contributed by atoms with Gasteiger partial charge in [0.2, 0.25) is 0 Å². The van der Waals surface area contributed by atoms with Crippen LogP contribution in [0.4, 0.5) is 0 Å². The number of fused-ring (bicyclic) bond motifs is 5. The molecule has 1 aromatic heterocycles. The maximum atomic E-state index is 6.50. The van der Waals surface area contributed by atoms with Crippen molar-refractivity contribution in [1.82, 2.24) is 5.32 Å². The van der Waals surface area contributed by atoms with E-state index in [1.54, 1.807) is 0 Å². The van der Waals surface area contributed by atoms with Gasteiger partial charge in [-0.1, -0.05) is 140 Å².